The molecule has 3 heteroatoms. The summed E-state index contributed by atoms with van der Waals surface area (Å²) in [6.07, 6.45) is 9.61. The van der Waals surface area contributed by atoms with E-state index in [0.29, 0.717) is 0 Å². The van der Waals surface area contributed by atoms with Crippen LogP contribution < -0.4 is 5.32 Å². The fourth-order valence-electron chi connectivity index (χ4n) is 3.34. The maximum atomic E-state index is 5.25. The Morgan fingerprint density at radius 2 is 2.00 bits per heavy atom. The van der Waals surface area contributed by atoms with Gasteiger partial charge in [0.25, 0.3) is 0 Å². The molecule has 106 valence electrons. The van der Waals surface area contributed by atoms with E-state index in [-0.39, 0.29) is 0 Å². The lowest BCUT2D eigenvalue weighted by Crippen LogP contribution is -2.37. The maximum Gasteiger partial charge on any atom is 0.0491 e. The molecule has 2 heterocycles. The molecule has 18 heavy (non-hydrogen) atoms. The van der Waals surface area contributed by atoms with Crippen molar-refractivity contribution >= 4 is 0 Å². The van der Waals surface area contributed by atoms with Gasteiger partial charge in [-0.25, -0.2) is 0 Å². The average Bonchev–Trinajstić information content (AvgIpc) is 2.42. The second-order valence-electron chi connectivity index (χ2n) is 6.03. The van der Waals surface area contributed by atoms with E-state index < -0.39 is 0 Å². The second kappa shape index (κ2) is 8.13. The Balaban J connectivity index is 1.52. The molecule has 0 radical (unpaired) electrons. The summed E-state index contributed by atoms with van der Waals surface area (Å²) in [7, 11) is 1.82. The number of likely N-dealkylation sites (tertiary alicyclic amines) is 1. The summed E-state index contributed by atoms with van der Waals surface area (Å²) in [5.74, 6) is 0.811. The van der Waals surface area contributed by atoms with Crippen molar-refractivity contribution < 1.29 is 4.74 Å². The summed E-state index contributed by atoms with van der Waals surface area (Å²) >= 11 is 0. The lowest BCUT2D eigenvalue weighted by molar-refractivity contribution is 0.0983. The van der Waals surface area contributed by atoms with Crippen molar-refractivity contribution in [1.29, 1.82) is 0 Å². The van der Waals surface area contributed by atoms with E-state index in [2.05, 4.69) is 10.2 Å². The van der Waals surface area contributed by atoms with Crippen LogP contribution in [0, 0.1) is 5.92 Å². The number of methoxy groups -OCH3 is 1. The van der Waals surface area contributed by atoms with Gasteiger partial charge >= 0.3 is 0 Å². The molecule has 2 aliphatic heterocycles. The predicted molar refractivity (Wildman–Crippen MR) is 75.9 cm³/mol. The van der Waals surface area contributed by atoms with Gasteiger partial charge in [-0.15, -0.1) is 0 Å². The van der Waals surface area contributed by atoms with Gasteiger partial charge in [0.15, 0.2) is 0 Å². The van der Waals surface area contributed by atoms with E-state index in [1.807, 2.05) is 7.11 Å². The normalized spacial score (nSPS) is 27.5. The van der Waals surface area contributed by atoms with Crippen molar-refractivity contribution in [3.8, 4) is 0 Å². The van der Waals surface area contributed by atoms with Gasteiger partial charge in [0.2, 0.25) is 0 Å². The Kier molecular flexibility index (Phi) is 6.46. The van der Waals surface area contributed by atoms with Crippen molar-refractivity contribution in [2.45, 2.75) is 51.0 Å². The van der Waals surface area contributed by atoms with Crippen molar-refractivity contribution in [3.63, 3.8) is 0 Å². The molecule has 1 atom stereocenters. The third kappa shape index (κ3) is 4.87. The zero-order valence-corrected chi connectivity index (χ0v) is 12.0. The summed E-state index contributed by atoms with van der Waals surface area (Å²) in [5.41, 5.74) is 0. The molecule has 0 aromatic rings. The summed E-state index contributed by atoms with van der Waals surface area (Å²) in [5, 5.41) is 3.65. The lowest BCUT2D eigenvalue weighted by Gasteiger charge is -2.32. The Bertz CT molecular complexity index is 209. The number of hydrogen-bond acceptors (Lipinski definition) is 3. The number of hydrogen-bond donors (Lipinski definition) is 1. The molecule has 0 bridgehead atoms. The highest BCUT2D eigenvalue weighted by Crippen LogP contribution is 2.18. The van der Waals surface area contributed by atoms with Gasteiger partial charge in [0.05, 0.1) is 0 Å². The van der Waals surface area contributed by atoms with E-state index in [1.165, 1.54) is 71.1 Å². The summed E-state index contributed by atoms with van der Waals surface area (Å²) < 4.78 is 5.25. The first kappa shape index (κ1) is 14.3. The van der Waals surface area contributed by atoms with Crippen LogP contribution in [0.4, 0.5) is 0 Å². The molecule has 0 aliphatic carbocycles. The molecule has 1 unspecified atom stereocenters. The van der Waals surface area contributed by atoms with Crippen LogP contribution >= 0.6 is 0 Å². The molecule has 2 saturated heterocycles. The van der Waals surface area contributed by atoms with E-state index in [9.17, 15) is 0 Å². The fourth-order valence-corrected chi connectivity index (χ4v) is 3.34. The maximum absolute atomic E-state index is 5.25. The van der Waals surface area contributed by atoms with Gasteiger partial charge in [0, 0.05) is 19.8 Å². The molecule has 2 rings (SSSR count). The first-order chi connectivity index (χ1) is 8.88. The number of rotatable bonds is 6. The highest BCUT2D eigenvalue weighted by Gasteiger charge is 2.19. The minimum atomic E-state index is 0.810. The SMILES string of the molecule is COCC1CCN(CCCC2CCCCN2)CC1. The molecule has 0 aromatic heterocycles. The zero-order chi connectivity index (χ0) is 12.6. The van der Waals surface area contributed by atoms with Crippen molar-refractivity contribution in [2.24, 2.45) is 5.92 Å². The monoisotopic (exact) mass is 254 g/mol. The first-order valence-electron chi connectivity index (χ1n) is 7.83. The van der Waals surface area contributed by atoms with Crippen LogP contribution in [0.15, 0.2) is 0 Å². The molecule has 0 spiro atoms. The van der Waals surface area contributed by atoms with Crippen LogP contribution in [0.5, 0.6) is 0 Å². The average molecular weight is 254 g/mol. The van der Waals surface area contributed by atoms with Crippen LogP contribution in [0.1, 0.15) is 44.9 Å². The van der Waals surface area contributed by atoms with Crippen LogP contribution in [0.25, 0.3) is 0 Å². The Morgan fingerprint density at radius 3 is 2.67 bits per heavy atom. The first-order valence-corrected chi connectivity index (χ1v) is 7.83. The molecule has 0 aromatic carbocycles. The van der Waals surface area contributed by atoms with Gasteiger partial charge in [-0.3, -0.25) is 0 Å². The molecule has 2 fully saturated rings. The Morgan fingerprint density at radius 1 is 1.17 bits per heavy atom. The van der Waals surface area contributed by atoms with E-state index in [0.717, 1.165) is 18.6 Å². The van der Waals surface area contributed by atoms with E-state index in [4.69, 9.17) is 4.74 Å². The summed E-state index contributed by atoms with van der Waals surface area (Å²) in [6.45, 7) is 6.07. The highest BCUT2D eigenvalue weighted by molar-refractivity contribution is 4.75. The quantitative estimate of drug-likeness (QED) is 0.787. The lowest BCUT2D eigenvalue weighted by atomic mass is 9.97. The Hall–Kier alpha value is -0.120. The number of ether oxygens (including phenoxy) is 1. The molecule has 0 saturated carbocycles. The topological polar surface area (TPSA) is 24.5 Å². The number of nitrogens with one attached hydrogen (secondary N) is 1. The molecule has 0 amide bonds. The predicted octanol–water partition coefficient (Wildman–Crippen LogP) is 2.27. The minimum Gasteiger partial charge on any atom is -0.384 e. The van der Waals surface area contributed by atoms with Gasteiger partial charge in [-0.1, -0.05) is 6.42 Å². The van der Waals surface area contributed by atoms with Crippen LogP contribution in [0.3, 0.4) is 0 Å². The van der Waals surface area contributed by atoms with Gasteiger partial charge in [0.1, 0.15) is 0 Å². The zero-order valence-electron chi connectivity index (χ0n) is 12.0. The Labute approximate surface area is 112 Å². The van der Waals surface area contributed by atoms with Crippen molar-refractivity contribution in [3.05, 3.63) is 0 Å². The second-order valence-corrected chi connectivity index (χ2v) is 6.03. The third-order valence-electron chi connectivity index (χ3n) is 4.55. The minimum absolute atomic E-state index is 0.810. The van der Waals surface area contributed by atoms with Crippen LogP contribution in [-0.2, 0) is 4.74 Å². The summed E-state index contributed by atoms with van der Waals surface area (Å²) in [6, 6.07) is 0.810. The fraction of sp³-hybridized carbons (Fsp3) is 1.00. The van der Waals surface area contributed by atoms with Crippen LogP contribution in [0.2, 0.25) is 0 Å². The molecule has 3 nitrogen and oxygen atoms in total. The largest absolute Gasteiger partial charge is 0.384 e. The molecule has 1 N–H and O–H groups in total. The van der Waals surface area contributed by atoms with Crippen molar-refractivity contribution in [2.75, 3.05) is 39.9 Å². The third-order valence-corrected chi connectivity index (χ3v) is 4.55. The standard InChI is InChI=1S/C15H30N2O/c1-18-13-14-7-11-17(12-8-14)10-4-6-15-5-2-3-9-16-15/h14-16H,2-13H2,1H3. The molecule has 2 aliphatic rings. The smallest absolute Gasteiger partial charge is 0.0491 e. The van der Waals surface area contributed by atoms with Gasteiger partial charge in [-0.2, -0.15) is 0 Å². The van der Waals surface area contributed by atoms with Crippen molar-refractivity contribution in [1.82, 2.24) is 10.2 Å². The van der Waals surface area contributed by atoms with Gasteiger partial charge in [-0.05, 0) is 70.6 Å². The van der Waals surface area contributed by atoms with Crippen LogP contribution in [-0.4, -0.2) is 50.8 Å². The summed E-state index contributed by atoms with van der Waals surface area (Å²) in [4.78, 5) is 2.65. The molecular formula is C15H30N2O. The highest BCUT2D eigenvalue weighted by atomic mass is 16.5. The number of piperidine rings is 2. The van der Waals surface area contributed by atoms with Gasteiger partial charge < -0.3 is 15.0 Å². The van der Waals surface area contributed by atoms with E-state index in [1.54, 1.807) is 0 Å². The number of nitrogens with zero attached hydrogens (tertiary/aromatic N) is 1. The van der Waals surface area contributed by atoms with E-state index >= 15 is 0 Å². The molecular weight excluding hydrogens is 224 g/mol.